The van der Waals surface area contributed by atoms with Crippen LogP contribution in [0.2, 0.25) is 0 Å². The fourth-order valence-electron chi connectivity index (χ4n) is 3.97. The molecule has 0 radical (unpaired) electrons. The Morgan fingerprint density at radius 3 is 2.79 bits per heavy atom. The van der Waals surface area contributed by atoms with Crippen molar-refractivity contribution in [3.8, 4) is 5.75 Å². The van der Waals surface area contributed by atoms with E-state index in [0.29, 0.717) is 45.5 Å². The van der Waals surface area contributed by atoms with Gasteiger partial charge in [0.2, 0.25) is 5.91 Å². The first kappa shape index (κ1) is 20.6. The predicted octanol–water partition coefficient (Wildman–Crippen LogP) is 2.53. The molecule has 0 aromatic heterocycles. The van der Waals surface area contributed by atoms with Gasteiger partial charge in [-0.05, 0) is 31.9 Å². The van der Waals surface area contributed by atoms with Gasteiger partial charge in [-0.25, -0.2) is 0 Å². The van der Waals surface area contributed by atoms with Gasteiger partial charge in [-0.15, -0.1) is 0 Å². The van der Waals surface area contributed by atoms with Gasteiger partial charge in [0, 0.05) is 44.8 Å². The van der Waals surface area contributed by atoms with Gasteiger partial charge in [0.25, 0.3) is 0 Å². The summed E-state index contributed by atoms with van der Waals surface area (Å²) >= 11 is 0. The zero-order valence-electron chi connectivity index (χ0n) is 16.9. The molecule has 1 N–H and O–H groups in total. The molecule has 2 aliphatic heterocycles. The second-order valence-corrected chi connectivity index (χ2v) is 7.60. The highest BCUT2D eigenvalue weighted by Gasteiger charge is 2.44. The SMILES string of the molecule is COCC(C)NC(=O)C1(CC2CC(c3ccccc3OC)=NO2)CCOCC1. The maximum atomic E-state index is 13.1. The monoisotopic (exact) mass is 390 g/mol. The summed E-state index contributed by atoms with van der Waals surface area (Å²) in [6.45, 7) is 3.60. The van der Waals surface area contributed by atoms with Crippen molar-refractivity contribution in [3.05, 3.63) is 29.8 Å². The minimum absolute atomic E-state index is 0.0397. The lowest BCUT2D eigenvalue weighted by atomic mass is 9.74. The van der Waals surface area contributed by atoms with E-state index in [1.165, 1.54) is 0 Å². The lowest BCUT2D eigenvalue weighted by molar-refractivity contribution is -0.141. The molecule has 1 aromatic rings. The third-order valence-electron chi connectivity index (χ3n) is 5.50. The molecular formula is C21H30N2O5. The Balaban J connectivity index is 1.68. The Hall–Kier alpha value is -2.12. The molecule has 28 heavy (non-hydrogen) atoms. The molecule has 2 unspecified atom stereocenters. The van der Waals surface area contributed by atoms with E-state index in [9.17, 15) is 4.79 Å². The van der Waals surface area contributed by atoms with E-state index in [0.717, 1.165) is 17.0 Å². The second-order valence-electron chi connectivity index (χ2n) is 7.60. The molecule has 2 atom stereocenters. The maximum Gasteiger partial charge on any atom is 0.226 e. The lowest BCUT2D eigenvalue weighted by Gasteiger charge is -2.37. The van der Waals surface area contributed by atoms with Crippen molar-refractivity contribution < 1.29 is 23.8 Å². The summed E-state index contributed by atoms with van der Waals surface area (Å²) < 4.78 is 16.1. The summed E-state index contributed by atoms with van der Waals surface area (Å²) in [6.07, 6.45) is 2.50. The van der Waals surface area contributed by atoms with Gasteiger partial charge in [-0.2, -0.15) is 0 Å². The molecular weight excluding hydrogens is 360 g/mol. The number of rotatable bonds is 8. The Labute approximate surface area is 166 Å². The van der Waals surface area contributed by atoms with E-state index >= 15 is 0 Å². The van der Waals surface area contributed by atoms with Gasteiger partial charge < -0.3 is 24.4 Å². The van der Waals surface area contributed by atoms with Crippen LogP contribution in [0.15, 0.2) is 29.4 Å². The standard InChI is InChI=1S/C21H30N2O5/c1-15(14-25-2)22-20(24)21(8-10-27-11-9-21)13-16-12-18(23-28-16)17-6-4-5-7-19(17)26-3/h4-7,15-16H,8-14H2,1-3H3,(H,22,24). The summed E-state index contributed by atoms with van der Waals surface area (Å²) in [5.74, 6) is 0.826. The summed E-state index contributed by atoms with van der Waals surface area (Å²) in [4.78, 5) is 18.8. The first-order valence-electron chi connectivity index (χ1n) is 9.81. The van der Waals surface area contributed by atoms with Crippen LogP contribution in [0.4, 0.5) is 0 Å². The van der Waals surface area contributed by atoms with E-state index in [-0.39, 0.29) is 18.1 Å². The topological polar surface area (TPSA) is 78.4 Å². The fraction of sp³-hybridized carbons (Fsp3) is 0.619. The van der Waals surface area contributed by atoms with Crippen LogP contribution in [0.1, 0.15) is 38.2 Å². The summed E-state index contributed by atoms with van der Waals surface area (Å²) in [6, 6.07) is 7.74. The maximum absolute atomic E-state index is 13.1. The second kappa shape index (κ2) is 9.39. The average Bonchev–Trinajstić information content (AvgIpc) is 3.16. The molecule has 0 aliphatic carbocycles. The van der Waals surface area contributed by atoms with Crippen LogP contribution in [0, 0.1) is 5.41 Å². The lowest BCUT2D eigenvalue weighted by Crippen LogP contribution is -2.49. The third kappa shape index (κ3) is 4.64. The van der Waals surface area contributed by atoms with Gasteiger partial charge in [0.15, 0.2) is 0 Å². The Morgan fingerprint density at radius 2 is 2.07 bits per heavy atom. The first-order chi connectivity index (χ1) is 13.6. The van der Waals surface area contributed by atoms with Crippen LogP contribution in [0.25, 0.3) is 0 Å². The number of nitrogens with zero attached hydrogens (tertiary/aromatic N) is 1. The van der Waals surface area contributed by atoms with Crippen molar-refractivity contribution in [2.45, 2.75) is 44.8 Å². The summed E-state index contributed by atoms with van der Waals surface area (Å²) in [5, 5.41) is 7.39. The van der Waals surface area contributed by atoms with Crippen molar-refractivity contribution >= 4 is 11.6 Å². The number of benzene rings is 1. The molecule has 1 amide bonds. The van der Waals surface area contributed by atoms with Gasteiger partial charge >= 0.3 is 0 Å². The van der Waals surface area contributed by atoms with Crippen molar-refractivity contribution in [1.82, 2.24) is 5.32 Å². The van der Waals surface area contributed by atoms with Gasteiger partial charge in [-0.1, -0.05) is 17.3 Å². The third-order valence-corrected chi connectivity index (χ3v) is 5.50. The number of nitrogens with one attached hydrogen (secondary N) is 1. The number of carbonyl (C=O) groups is 1. The minimum Gasteiger partial charge on any atom is -0.496 e. The number of carbonyl (C=O) groups excluding carboxylic acids is 1. The van der Waals surface area contributed by atoms with Crippen molar-refractivity contribution in [2.75, 3.05) is 34.0 Å². The van der Waals surface area contributed by atoms with Gasteiger partial charge in [0.05, 0.1) is 24.8 Å². The number of oxime groups is 1. The molecule has 154 valence electrons. The molecule has 2 heterocycles. The molecule has 0 spiro atoms. The quantitative estimate of drug-likeness (QED) is 0.738. The first-order valence-corrected chi connectivity index (χ1v) is 9.81. The number of hydrogen-bond acceptors (Lipinski definition) is 6. The number of amides is 1. The molecule has 7 nitrogen and oxygen atoms in total. The van der Waals surface area contributed by atoms with Crippen LogP contribution in [-0.2, 0) is 19.1 Å². The van der Waals surface area contributed by atoms with E-state index < -0.39 is 5.41 Å². The molecule has 2 aliphatic rings. The normalized spacial score (nSPS) is 22.1. The highest BCUT2D eigenvalue weighted by Crippen LogP contribution is 2.39. The number of ether oxygens (including phenoxy) is 3. The van der Waals surface area contributed by atoms with Crippen molar-refractivity contribution in [3.63, 3.8) is 0 Å². The Kier molecular flexibility index (Phi) is 6.91. The average molecular weight is 390 g/mol. The number of methoxy groups -OCH3 is 2. The Bertz CT molecular complexity index is 700. The van der Waals surface area contributed by atoms with E-state index in [2.05, 4.69) is 10.5 Å². The predicted molar refractivity (Wildman–Crippen MR) is 106 cm³/mol. The van der Waals surface area contributed by atoms with Crippen LogP contribution >= 0.6 is 0 Å². The Morgan fingerprint density at radius 1 is 1.32 bits per heavy atom. The molecule has 3 rings (SSSR count). The zero-order chi connectivity index (χ0) is 20.0. The fourth-order valence-corrected chi connectivity index (χ4v) is 3.97. The smallest absolute Gasteiger partial charge is 0.226 e. The molecule has 1 saturated heterocycles. The van der Waals surface area contributed by atoms with E-state index in [4.69, 9.17) is 19.0 Å². The van der Waals surface area contributed by atoms with Crippen molar-refractivity contribution in [1.29, 1.82) is 0 Å². The highest BCUT2D eigenvalue weighted by atomic mass is 16.6. The highest BCUT2D eigenvalue weighted by molar-refractivity contribution is 6.03. The summed E-state index contributed by atoms with van der Waals surface area (Å²) in [7, 11) is 3.28. The zero-order valence-corrected chi connectivity index (χ0v) is 16.9. The molecule has 0 bridgehead atoms. The van der Waals surface area contributed by atoms with Crippen molar-refractivity contribution in [2.24, 2.45) is 10.6 Å². The van der Waals surface area contributed by atoms with Crippen LogP contribution in [0.5, 0.6) is 5.75 Å². The molecule has 1 fully saturated rings. The molecule has 0 saturated carbocycles. The van der Waals surface area contributed by atoms with Gasteiger partial charge in [-0.3, -0.25) is 4.79 Å². The van der Waals surface area contributed by atoms with Crippen LogP contribution in [-0.4, -0.2) is 57.8 Å². The van der Waals surface area contributed by atoms with Gasteiger partial charge in [0.1, 0.15) is 11.9 Å². The number of hydrogen-bond donors (Lipinski definition) is 1. The van der Waals surface area contributed by atoms with E-state index in [1.807, 2.05) is 31.2 Å². The largest absolute Gasteiger partial charge is 0.496 e. The van der Waals surface area contributed by atoms with Crippen LogP contribution < -0.4 is 10.1 Å². The summed E-state index contributed by atoms with van der Waals surface area (Å²) in [5.41, 5.74) is 1.29. The number of para-hydroxylation sites is 1. The molecule has 1 aromatic carbocycles. The minimum atomic E-state index is -0.503. The van der Waals surface area contributed by atoms with E-state index in [1.54, 1.807) is 14.2 Å². The van der Waals surface area contributed by atoms with Crippen LogP contribution in [0.3, 0.4) is 0 Å². The molecule has 7 heteroatoms.